The van der Waals surface area contributed by atoms with E-state index in [4.69, 9.17) is 9.84 Å². The molecule has 0 spiro atoms. The van der Waals surface area contributed by atoms with E-state index in [0.29, 0.717) is 21.0 Å². The molecule has 0 fully saturated rings. The summed E-state index contributed by atoms with van der Waals surface area (Å²) >= 11 is 1.28. The van der Waals surface area contributed by atoms with E-state index in [-0.39, 0.29) is 11.3 Å². The average molecular weight is 508 g/mol. The lowest BCUT2D eigenvalue weighted by atomic mass is 10.0. The van der Waals surface area contributed by atoms with Gasteiger partial charge >= 0.3 is 0 Å². The smallest absolute Gasteiger partial charge is 0.291 e. The number of rotatable bonds is 5. The first-order valence-corrected chi connectivity index (χ1v) is 12.3. The van der Waals surface area contributed by atoms with E-state index in [2.05, 4.69) is 10.1 Å². The van der Waals surface area contributed by atoms with Gasteiger partial charge in [0.1, 0.15) is 17.2 Å². The van der Waals surface area contributed by atoms with Crippen LogP contribution in [0.2, 0.25) is 0 Å². The summed E-state index contributed by atoms with van der Waals surface area (Å²) in [5, 5.41) is 19.3. The predicted molar refractivity (Wildman–Crippen MR) is 143 cm³/mol. The van der Waals surface area contributed by atoms with E-state index in [1.807, 2.05) is 85.9 Å². The van der Waals surface area contributed by atoms with Crippen molar-refractivity contribution in [2.75, 3.05) is 7.11 Å². The molecule has 9 heteroatoms. The van der Waals surface area contributed by atoms with Crippen molar-refractivity contribution in [3.05, 3.63) is 105 Å². The van der Waals surface area contributed by atoms with E-state index >= 15 is 0 Å². The molecular weight excluding hydrogens is 486 g/mol. The minimum atomic E-state index is -0.243. The summed E-state index contributed by atoms with van der Waals surface area (Å²) < 4.78 is 8.83. The Labute approximate surface area is 215 Å². The van der Waals surface area contributed by atoms with E-state index in [9.17, 15) is 9.90 Å². The lowest BCUT2D eigenvalue weighted by molar-refractivity contribution is 0.415. The summed E-state index contributed by atoms with van der Waals surface area (Å²) in [7, 11) is 1.61. The molecule has 3 heterocycles. The van der Waals surface area contributed by atoms with Crippen molar-refractivity contribution >= 4 is 22.4 Å². The van der Waals surface area contributed by atoms with Crippen molar-refractivity contribution in [1.29, 1.82) is 0 Å². The van der Waals surface area contributed by atoms with Crippen LogP contribution < -0.4 is 14.8 Å². The van der Waals surface area contributed by atoms with Gasteiger partial charge in [0.05, 0.1) is 17.3 Å². The molecule has 0 unspecified atom stereocenters. The molecule has 8 nitrogen and oxygen atoms in total. The number of phenolic OH excluding ortho intramolecular Hbond substituents is 1. The lowest BCUT2D eigenvalue weighted by Crippen LogP contribution is -2.23. The molecule has 0 saturated heterocycles. The molecule has 0 saturated carbocycles. The number of methoxy groups -OCH3 is 1. The molecule has 182 valence electrons. The monoisotopic (exact) mass is 507 g/mol. The molecule has 6 aromatic rings. The van der Waals surface area contributed by atoms with E-state index in [1.54, 1.807) is 17.9 Å². The molecule has 0 amide bonds. The zero-order valence-corrected chi connectivity index (χ0v) is 20.8. The van der Waals surface area contributed by atoms with Crippen LogP contribution in [0.4, 0.5) is 0 Å². The molecule has 0 bridgehead atoms. The fraction of sp³-hybridized carbons (Fsp3) is 0.0714. The summed E-state index contributed by atoms with van der Waals surface area (Å²) in [6.07, 6.45) is 3.71. The first kappa shape index (κ1) is 22.7. The Hall–Kier alpha value is -4.76. The summed E-state index contributed by atoms with van der Waals surface area (Å²) in [5.74, 6) is 1.44. The second-order valence-corrected chi connectivity index (χ2v) is 9.50. The number of benzene rings is 3. The fourth-order valence-electron chi connectivity index (χ4n) is 4.07. The Bertz CT molecular complexity index is 1850. The Morgan fingerprint density at radius 1 is 0.973 bits per heavy atom. The largest absolute Gasteiger partial charge is 0.508 e. The van der Waals surface area contributed by atoms with Crippen molar-refractivity contribution < 1.29 is 9.84 Å². The number of thiazole rings is 1. The third-order valence-electron chi connectivity index (χ3n) is 6.05. The number of hydrogen-bond donors (Lipinski definition) is 1. The van der Waals surface area contributed by atoms with Crippen molar-refractivity contribution in [1.82, 2.24) is 24.4 Å². The van der Waals surface area contributed by atoms with Gasteiger partial charge in [0.15, 0.2) is 5.82 Å². The van der Waals surface area contributed by atoms with Crippen molar-refractivity contribution in [3.63, 3.8) is 0 Å². The Kier molecular flexibility index (Phi) is 5.54. The number of ether oxygens (including phenoxy) is 1. The summed E-state index contributed by atoms with van der Waals surface area (Å²) in [6, 6.07) is 22.5. The highest BCUT2D eigenvalue weighted by Gasteiger charge is 2.15. The van der Waals surface area contributed by atoms with Crippen LogP contribution in [0, 0.1) is 6.92 Å². The Balaban J connectivity index is 1.47. The highest BCUT2D eigenvalue weighted by Crippen LogP contribution is 2.28. The van der Waals surface area contributed by atoms with E-state index in [1.165, 1.54) is 15.9 Å². The Morgan fingerprint density at radius 2 is 1.73 bits per heavy atom. The molecule has 0 aliphatic carbocycles. The zero-order chi connectivity index (χ0) is 25.5. The molecule has 6 rings (SSSR count). The van der Waals surface area contributed by atoms with Gasteiger partial charge in [-0.15, -0.1) is 5.10 Å². The quantitative estimate of drug-likeness (QED) is 0.375. The Morgan fingerprint density at radius 3 is 2.43 bits per heavy atom. The molecule has 0 radical (unpaired) electrons. The summed E-state index contributed by atoms with van der Waals surface area (Å²) in [5.41, 5.74) is 4.50. The predicted octanol–water partition coefficient (Wildman–Crippen LogP) is 4.24. The van der Waals surface area contributed by atoms with Gasteiger partial charge in [-0.3, -0.25) is 4.79 Å². The SMILES string of the molecule is COc1ccc(-c2nc3sc(=Cc4cn(-c5ccccc5)nc4-c4ccc(O)c(C)c4)c(=O)n3n2)cc1. The number of aryl methyl sites for hydroxylation is 1. The minimum absolute atomic E-state index is 0.219. The summed E-state index contributed by atoms with van der Waals surface area (Å²) in [6.45, 7) is 1.84. The number of hydrogen-bond acceptors (Lipinski definition) is 7. The number of aromatic hydroxyl groups is 1. The van der Waals surface area contributed by atoms with Gasteiger partial charge in [0.2, 0.25) is 4.96 Å². The standard InChI is InChI=1S/C28H21N5O3S/c1-17-14-19(10-13-23(17)34)25-20(16-32(30-25)21-6-4-3-5-7-21)15-24-27(35)33-28(37-24)29-26(31-33)18-8-11-22(36-2)12-9-18/h3-16,34H,1-2H3. The van der Waals surface area contributed by atoms with Gasteiger partial charge in [0.25, 0.3) is 5.56 Å². The van der Waals surface area contributed by atoms with Crippen molar-refractivity contribution in [3.8, 4) is 39.8 Å². The normalized spacial score (nSPS) is 11.9. The number of aromatic nitrogens is 5. The third-order valence-corrected chi connectivity index (χ3v) is 7.01. The zero-order valence-electron chi connectivity index (χ0n) is 20.0. The van der Waals surface area contributed by atoms with Gasteiger partial charge in [-0.05, 0) is 73.2 Å². The van der Waals surface area contributed by atoms with Gasteiger partial charge in [-0.2, -0.15) is 14.6 Å². The van der Waals surface area contributed by atoms with Crippen LogP contribution in [0.5, 0.6) is 11.5 Å². The first-order valence-electron chi connectivity index (χ1n) is 11.5. The minimum Gasteiger partial charge on any atom is -0.508 e. The van der Waals surface area contributed by atoms with Crippen LogP contribution in [-0.4, -0.2) is 36.6 Å². The van der Waals surface area contributed by atoms with Crippen LogP contribution in [0.25, 0.3) is 39.4 Å². The number of para-hydroxylation sites is 1. The average Bonchev–Trinajstić information content (AvgIpc) is 3.61. The van der Waals surface area contributed by atoms with Gasteiger partial charge < -0.3 is 9.84 Å². The summed E-state index contributed by atoms with van der Waals surface area (Å²) in [4.78, 5) is 18.4. The molecule has 0 aliphatic rings. The molecule has 1 N–H and O–H groups in total. The van der Waals surface area contributed by atoms with E-state index < -0.39 is 0 Å². The second kappa shape index (κ2) is 9.03. The molecule has 3 aromatic carbocycles. The molecule has 0 aliphatic heterocycles. The van der Waals surface area contributed by atoms with Crippen LogP contribution >= 0.6 is 11.3 Å². The number of nitrogens with zero attached hydrogens (tertiary/aromatic N) is 5. The van der Waals surface area contributed by atoms with Crippen LogP contribution in [0.3, 0.4) is 0 Å². The number of phenols is 1. The van der Waals surface area contributed by atoms with Gasteiger partial charge in [-0.1, -0.05) is 29.5 Å². The van der Waals surface area contributed by atoms with Crippen molar-refractivity contribution in [2.24, 2.45) is 0 Å². The first-order chi connectivity index (χ1) is 18.0. The maximum absolute atomic E-state index is 13.3. The van der Waals surface area contributed by atoms with Gasteiger partial charge in [0, 0.05) is 22.9 Å². The highest BCUT2D eigenvalue weighted by atomic mass is 32.1. The topological polar surface area (TPSA) is 94.5 Å². The van der Waals surface area contributed by atoms with Crippen LogP contribution in [0.15, 0.2) is 83.8 Å². The third kappa shape index (κ3) is 4.15. The second-order valence-electron chi connectivity index (χ2n) is 8.49. The van der Waals surface area contributed by atoms with Gasteiger partial charge in [-0.25, -0.2) is 4.68 Å². The molecule has 37 heavy (non-hydrogen) atoms. The maximum Gasteiger partial charge on any atom is 0.291 e. The molecule has 3 aromatic heterocycles. The molecule has 0 atom stereocenters. The fourth-order valence-corrected chi connectivity index (χ4v) is 4.97. The maximum atomic E-state index is 13.3. The highest BCUT2D eigenvalue weighted by molar-refractivity contribution is 7.15. The molecular formula is C28H21N5O3S. The van der Waals surface area contributed by atoms with Crippen molar-refractivity contribution in [2.45, 2.75) is 6.92 Å². The van der Waals surface area contributed by atoms with Crippen LogP contribution in [0.1, 0.15) is 11.1 Å². The van der Waals surface area contributed by atoms with Crippen LogP contribution in [-0.2, 0) is 0 Å². The van der Waals surface area contributed by atoms with E-state index in [0.717, 1.165) is 33.7 Å². The number of fused-ring (bicyclic) bond motifs is 1. The lowest BCUT2D eigenvalue weighted by Gasteiger charge is -2.03.